The van der Waals surface area contributed by atoms with E-state index in [0.29, 0.717) is 12.2 Å². The van der Waals surface area contributed by atoms with Crippen LogP contribution < -0.4 is 0 Å². The van der Waals surface area contributed by atoms with E-state index in [4.69, 9.17) is 4.74 Å². The zero-order valence-electron chi connectivity index (χ0n) is 20.9. The highest BCUT2D eigenvalue weighted by molar-refractivity contribution is 8.13. The Kier molecular flexibility index (Phi) is 16.1. The fourth-order valence-electron chi connectivity index (χ4n) is 2.55. The molecule has 216 valence electrons. The number of halogens is 6. The molecule has 0 saturated heterocycles. The van der Waals surface area contributed by atoms with Gasteiger partial charge in [0.1, 0.15) is 0 Å². The van der Waals surface area contributed by atoms with Crippen LogP contribution in [-0.4, -0.2) is 72.1 Å². The first kappa shape index (κ1) is 36.8. The summed E-state index contributed by atoms with van der Waals surface area (Å²) >= 11 is 0. The Balaban J connectivity index is 0. The number of nitrogens with zero attached hydrogens (tertiary/aromatic N) is 2. The predicted molar refractivity (Wildman–Crippen MR) is 124 cm³/mol. The van der Waals surface area contributed by atoms with Crippen molar-refractivity contribution in [2.24, 2.45) is 0 Å². The molecule has 0 aliphatic carbocycles. The molecule has 0 atom stereocenters. The van der Waals surface area contributed by atoms with Crippen LogP contribution >= 0.6 is 0 Å². The Morgan fingerprint density at radius 2 is 1.19 bits per heavy atom. The van der Waals surface area contributed by atoms with Crippen LogP contribution in [0.5, 0.6) is 0 Å². The summed E-state index contributed by atoms with van der Waals surface area (Å²) in [7, 11) is -8.77. The fourth-order valence-corrected chi connectivity index (χ4v) is 4.26. The summed E-state index contributed by atoms with van der Waals surface area (Å²) in [4.78, 5) is 11.2. The minimum atomic E-state index is -6.72. The highest BCUT2D eigenvalue weighted by Gasteiger charge is 2.46. The van der Waals surface area contributed by atoms with Crippen LogP contribution in [0.25, 0.3) is 4.13 Å². The molecule has 0 bridgehead atoms. The number of hydrogen-bond donors (Lipinski definition) is 0. The summed E-state index contributed by atoms with van der Waals surface area (Å²) < 4.78 is 115. The van der Waals surface area contributed by atoms with E-state index < -0.39 is 31.1 Å². The molecule has 0 heterocycles. The van der Waals surface area contributed by atoms with E-state index in [1.165, 1.54) is 51.6 Å². The molecule has 0 aliphatic heterocycles. The van der Waals surface area contributed by atoms with Crippen LogP contribution in [0, 0.1) is 0 Å². The quantitative estimate of drug-likeness (QED) is 0.0849. The standard InChI is InChI=1S/C18H36NO2.C2F6NO4S2/c1-6-7-14-19(4,5)15-12-10-8-9-11-13-16-21-18(20)17(2)3;3-1(4,5)14(10,11)9-15(12,13)2(6,7)8/h2,6-16H2,1,3-5H3;/q+1;-1. The maximum absolute atomic E-state index is 11.4. The van der Waals surface area contributed by atoms with Crippen molar-refractivity contribution < 1.29 is 57.2 Å². The number of carbonyl (C=O) groups excluding carboxylic acids is 1. The lowest BCUT2D eigenvalue weighted by Crippen LogP contribution is -2.41. The lowest BCUT2D eigenvalue weighted by Gasteiger charge is -2.29. The topological polar surface area (TPSA) is 109 Å². The van der Waals surface area contributed by atoms with Gasteiger partial charge in [0.15, 0.2) is 20.0 Å². The summed E-state index contributed by atoms with van der Waals surface area (Å²) in [6.07, 6.45) is 9.91. The van der Waals surface area contributed by atoms with Crippen LogP contribution in [0.15, 0.2) is 12.2 Å². The van der Waals surface area contributed by atoms with Gasteiger partial charge in [-0.15, -0.1) is 0 Å². The average Bonchev–Trinajstić information content (AvgIpc) is 2.68. The fraction of sp³-hybridized carbons (Fsp3) is 0.850. The van der Waals surface area contributed by atoms with Gasteiger partial charge in [-0.25, -0.2) is 21.6 Å². The number of unbranched alkanes of at least 4 members (excludes halogenated alkanes) is 6. The molecule has 36 heavy (non-hydrogen) atoms. The van der Waals surface area contributed by atoms with E-state index in [-0.39, 0.29) is 5.97 Å². The molecule has 0 radical (unpaired) electrons. The highest BCUT2D eigenvalue weighted by Crippen LogP contribution is 2.36. The van der Waals surface area contributed by atoms with Crippen LogP contribution in [0.4, 0.5) is 26.3 Å². The third-order valence-electron chi connectivity index (χ3n) is 4.64. The molecule has 0 rings (SSSR count). The Morgan fingerprint density at radius 3 is 1.58 bits per heavy atom. The molecule has 0 spiro atoms. The van der Waals surface area contributed by atoms with Gasteiger partial charge in [0, 0.05) is 5.57 Å². The largest absolute Gasteiger partial charge is 0.480 e. The molecular formula is C20H36F6N2O6S2. The molecule has 8 nitrogen and oxygen atoms in total. The van der Waals surface area contributed by atoms with Crippen molar-refractivity contribution in [2.45, 2.75) is 76.2 Å². The second kappa shape index (κ2) is 15.8. The van der Waals surface area contributed by atoms with Crippen molar-refractivity contribution in [3.8, 4) is 0 Å². The molecule has 0 aliphatic rings. The number of hydrogen-bond acceptors (Lipinski definition) is 6. The van der Waals surface area contributed by atoms with Crippen molar-refractivity contribution in [3.63, 3.8) is 0 Å². The van der Waals surface area contributed by atoms with Crippen molar-refractivity contribution in [1.82, 2.24) is 0 Å². The first-order chi connectivity index (χ1) is 16.1. The third kappa shape index (κ3) is 16.4. The zero-order valence-corrected chi connectivity index (χ0v) is 22.5. The van der Waals surface area contributed by atoms with Crippen molar-refractivity contribution in [2.75, 3.05) is 33.8 Å². The summed E-state index contributed by atoms with van der Waals surface area (Å²) in [6, 6.07) is 0. The van der Waals surface area contributed by atoms with Gasteiger partial charge in [0.05, 0.1) is 33.8 Å². The number of carbonyl (C=O) groups is 1. The van der Waals surface area contributed by atoms with Gasteiger partial charge in [-0.3, -0.25) is 0 Å². The number of alkyl halides is 6. The van der Waals surface area contributed by atoms with Gasteiger partial charge in [-0.1, -0.05) is 39.2 Å². The Bertz CT molecular complexity index is 843. The van der Waals surface area contributed by atoms with Crippen LogP contribution in [0.1, 0.15) is 65.2 Å². The van der Waals surface area contributed by atoms with E-state index in [0.717, 1.165) is 21.5 Å². The maximum Gasteiger partial charge on any atom is 0.480 e. The molecule has 16 heteroatoms. The highest BCUT2D eigenvalue weighted by atomic mass is 32.3. The molecule has 0 aromatic heterocycles. The van der Waals surface area contributed by atoms with E-state index in [1.807, 2.05) is 0 Å². The monoisotopic (exact) mass is 578 g/mol. The number of quaternary nitrogens is 1. The Hall–Kier alpha value is -1.39. The van der Waals surface area contributed by atoms with E-state index >= 15 is 0 Å². The Labute approximate surface area is 209 Å². The SMILES string of the molecule is C=C(C)C(=O)OCCCCCCCC[N+](C)(C)CCCC.O=S(=O)([N-]S(=O)(=O)C(F)(F)F)C(F)(F)F. The Morgan fingerprint density at radius 1 is 0.806 bits per heavy atom. The molecular weight excluding hydrogens is 542 g/mol. The summed E-state index contributed by atoms with van der Waals surface area (Å²) in [5.41, 5.74) is -11.9. The smallest absolute Gasteiger partial charge is 0.462 e. The first-order valence-corrected chi connectivity index (χ1v) is 14.0. The summed E-state index contributed by atoms with van der Waals surface area (Å²) in [6.45, 7) is 10.6. The van der Waals surface area contributed by atoms with Gasteiger partial charge in [-0.05, 0) is 32.6 Å². The van der Waals surface area contributed by atoms with Gasteiger partial charge in [0.2, 0.25) is 0 Å². The summed E-state index contributed by atoms with van der Waals surface area (Å²) in [5.74, 6) is -0.262. The zero-order chi connectivity index (χ0) is 28.8. The number of rotatable bonds is 15. The predicted octanol–water partition coefficient (Wildman–Crippen LogP) is 5.38. The molecule has 0 unspecified atom stereocenters. The minimum Gasteiger partial charge on any atom is -0.462 e. The molecule has 0 fully saturated rings. The van der Waals surface area contributed by atoms with Crippen molar-refractivity contribution >= 4 is 26.0 Å². The molecule has 0 aromatic carbocycles. The van der Waals surface area contributed by atoms with Gasteiger partial charge < -0.3 is 13.3 Å². The number of sulfonamides is 2. The van der Waals surface area contributed by atoms with E-state index in [1.54, 1.807) is 6.92 Å². The first-order valence-electron chi connectivity index (χ1n) is 11.1. The molecule has 0 N–H and O–H groups in total. The minimum absolute atomic E-state index is 0.262. The maximum atomic E-state index is 11.4. The van der Waals surface area contributed by atoms with Crippen LogP contribution in [0.2, 0.25) is 0 Å². The van der Waals surface area contributed by atoms with Gasteiger partial charge in [-0.2, -0.15) is 26.3 Å². The van der Waals surface area contributed by atoms with E-state index in [9.17, 15) is 48.0 Å². The lowest BCUT2D eigenvalue weighted by molar-refractivity contribution is -0.890. The molecule has 0 saturated carbocycles. The normalized spacial score (nSPS) is 13.1. The van der Waals surface area contributed by atoms with Crippen LogP contribution in [-0.2, 0) is 29.6 Å². The number of esters is 1. The third-order valence-corrected chi connectivity index (χ3v) is 7.38. The van der Waals surface area contributed by atoms with Crippen molar-refractivity contribution in [3.05, 3.63) is 16.3 Å². The summed E-state index contributed by atoms with van der Waals surface area (Å²) in [5, 5.41) is 0. The van der Waals surface area contributed by atoms with Crippen molar-refractivity contribution in [1.29, 1.82) is 0 Å². The second-order valence-corrected chi connectivity index (χ2v) is 12.1. The average molecular weight is 579 g/mol. The molecule has 0 aromatic rings. The molecule has 0 amide bonds. The van der Waals surface area contributed by atoms with Gasteiger partial charge in [0.25, 0.3) is 0 Å². The number of ether oxygens (including phenoxy) is 1. The van der Waals surface area contributed by atoms with E-state index in [2.05, 4.69) is 27.6 Å². The van der Waals surface area contributed by atoms with Gasteiger partial charge >= 0.3 is 17.0 Å². The lowest BCUT2D eigenvalue weighted by atomic mass is 10.1. The van der Waals surface area contributed by atoms with Crippen LogP contribution in [0.3, 0.4) is 0 Å². The second-order valence-electron chi connectivity index (χ2n) is 8.69.